The van der Waals surface area contributed by atoms with Gasteiger partial charge in [0.2, 0.25) is 10.0 Å². The van der Waals surface area contributed by atoms with E-state index in [0.717, 1.165) is 36.0 Å². The molecule has 1 saturated carbocycles. The quantitative estimate of drug-likeness (QED) is 0.895. The molecule has 0 radical (unpaired) electrons. The molecular weight excluding hydrogens is 272 g/mol. The lowest BCUT2D eigenvalue weighted by Gasteiger charge is -2.16. The van der Waals surface area contributed by atoms with E-state index in [0.29, 0.717) is 17.4 Å². The molecule has 2 rings (SSSR count). The van der Waals surface area contributed by atoms with Crippen molar-refractivity contribution in [2.75, 3.05) is 0 Å². The Balaban J connectivity index is 2.29. The minimum absolute atomic E-state index is 0.0667. The molecule has 2 unspecified atom stereocenters. The van der Waals surface area contributed by atoms with Gasteiger partial charge in [0.1, 0.15) is 0 Å². The Labute approximate surface area is 121 Å². The lowest BCUT2D eigenvalue weighted by Crippen LogP contribution is -2.33. The molecule has 4 nitrogen and oxygen atoms in total. The average molecular weight is 296 g/mol. The molecule has 0 aromatic heterocycles. The fourth-order valence-corrected chi connectivity index (χ4v) is 4.54. The maximum atomic E-state index is 12.5. The molecule has 1 aromatic carbocycles. The van der Waals surface area contributed by atoms with Gasteiger partial charge in [-0.1, -0.05) is 13.0 Å². The third-order valence-corrected chi connectivity index (χ3v) is 5.82. The summed E-state index contributed by atoms with van der Waals surface area (Å²) in [4.78, 5) is 0.364. The Bertz CT molecular complexity index is 596. The number of aryl methyl sites for hydroxylation is 2. The Morgan fingerprint density at radius 2 is 1.95 bits per heavy atom. The Morgan fingerprint density at radius 3 is 2.50 bits per heavy atom. The summed E-state index contributed by atoms with van der Waals surface area (Å²) < 4.78 is 27.9. The highest BCUT2D eigenvalue weighted by molar-refractivity contribution is 7.89. The summed E-state index contributed by atoms with van der Waals surface area (Å²) in [5, 5.41) is 0. The highest BCUT2D eigenvalue weighted by atomic mass is 32.2. The van der Waals surface area contributed by atoms with Gasteiger partial charge in [-0.2, -0.15) is 0 Å². The second kappa shape index (κ2) is 5.84. The van der Waals surface area contributed by atoms with Gasteiger partial charge in [0.25, 0.3) is 0 Å². The predicted molar refractivity (Wildman–Crippen MR) is 80.9 cm³/mol. The number of rotatable bonds is 4. The first kappa shape index (κ1) is 15.5. The van der Waals surface area contributed by atoms with Crippen LogP contribution in [0.1, 0.15) is 42.9 Å². The van der Waals surface area contributed by atoms with Gasteiger partial charge in [-0.25, -0.2) is 13.1 Å². The van der Waals surface area contributed by atoms with Crippen LogP contribution in [0.2, 0.25) is 0 Å². The maximum Gasteiger partial charge on any atom is 0.241 e. The van der Waals surface area contributed by atoms with E-state index in [1.54, 1.807) is 6.07 Å². The topological polar surface area (TPSA) is 72.2 Å². The first-order valence-electron chi connectivity index (χ1n) is 7.16. The molecule has 1 aliphatic carbocycles. The van der Waals surface area contributed by atoms with Gasteiger partial charge in [0.15, 0.2) is 0 Å². The van der Waals surface area contributed by atoms with E-state index in [1.165, 1.54) is 0 Å². The van der Waals surface area contributed by atoms with Crippen LogP contribution in [0.4, 0.5) is 0 Å². The monoisotopic (exact) mass is 296 g/mol. The van der Waals surface area contributed by atoms with Crippen molar-refractivity contribution in [1.82, 2.24) is 4.72 Å². The molecule has 1 aromatic rings. The third-order valence-electron chi connectivity index (χ3n) is 4.16. The van der Waals surface area contributed by atoms with Gasteiger partial charge in [0, 0.05) is 12.6 Å². The highest BCUT2D eigenvalue weighted by Gasteiger charge is 2.27. The molecule has 1 aliphatic rings. The van der Waals surface area contributed by atoms with Crippen molar-refractivity contribution in [2.45, 2.75) is 57.5 Å². The minimum Gasteiger partial charge on any atom is -0.326 e. The molecule has 112 valence electrons. The normalized spacial score (nSPS) is 23.2. The van der Waals surface area contributed by atoms with Crippen LogP contribution in [-0.2, 0) is 16.6 Å². The van der Waals surface area contributed by atoms with Crippen molar-refractivity contribution in [3.05, 3.63) is 28.8 Å². The molecule has 0 spiro atoms. The van der Waals surface area contributed by atoms with Crippen LogP contribution in [0.25, 0.3) is 0 Å². The standard InChI is InChI=1S/C15H24N2O2S/c1-10-4-5-14(6-10)17-20(18,19)15-8-13(9-16)11(2)7-12(15)3/h7-8,10,14,17H,4-6,9,16H2,1-3H3. The highest BCUT2D eigenvalue weighted by Crippen LogP contribution is 2.27. The number of hydrogen-bond acceptors (Lipinski definition) is 3. The van der Waals surface area contributed by atoms with Gasteiger partial charge >= 0.3 is 0 Å². The lowest BCUT2D eigenvalue weighted by atomic mass is 10.1. The lowest BCUT2D eigenvalue weighted by molar-refractivity contribution is 0.538. The smallest absolute Gasteiger partial charge is 0.241 e. The SMILES string of the molecule is Cc1cc(C)c(S(=O)(=O)NC2CCC(C)C2)cc1CN. The number of nitrogens with one attached hydrogen (secondary N) is 1. The van der Waals surface area contributed by atoms with Crippen molar-refractivity contribution in [3.8, 4) is 0 Å². The van der Waals surface area contributed by atoms with Crippen molar-refractivity contribution in [2.24, 2.45) is 11.7 Å². The van der Waals surface area contributed by atoms with Crippen LogP contribution in [0, 0.1) is 19.8 Å². The number of benzene rings is 1. The van der Waals surface area contributed by atoms with E-state index in [-0.39, 0.29) is 6.04 Å². The van der Waals surface area contributed by atoms with Crippen LogP contribution < -0.4 is 10.5 Å². The van der Waals surface area contributed by atoms with E-state index >= 15 is 0 Å². The van der Waals surface area contributed by atoms with Crippen LogP contribution in [0.5, 0.6) is 0 Å². The molecule has 3 N–H and O–H groups in total. The molecule has 0 bridgehead atoms. The van der Waals surface area contributed by atoms with E-state index in [1.807, 2.05) is 19.9 Å². The second-order valence-corrected chi connectivity index (χ2v) is 7.67. The van der Waals surface area contributed by atoms with Crippen molar-refractivity contribution >= 4 is 10.0 Å². The Hall–Kier alpha value is -0.910. The zero-order valence-corrected chi connectivity index (χ0v) is 13.3. The van der Waals surface area contributed by atoms with Crippen molar-refractivity contribution in [1.29, 1.82) is 0 Å². The Kier molecular flexibility index (Phi) is 4.52. The van der Waals surface area contributed by atoms with Gasteiger partial charge in [-0.05, 0) is 61.8 Å². The summed E-state index contributed by atoms with van der Waals surface area (Å²) in [6, 6.07) is 3.68. The summed E-state index contributed by atoms with van der Waals surface area (Å²) in [7, 11) is -3.45. The van der Waals surface area contributed by atoms with E-state index < -0.39 is 10.0 Å². The zero-order chi connectivity index (χ0) is 14.9. The number of sulfonamides is 1. The zero-order valence-electron chi connectivity index (χ0n) is 12.4. The number of nitrogens with two attached hydrogens (primary N) is 1. The van der Waals surface area contributed by atoms with E-state index in [2.05, 4.69) is 11.6 Å². The van der Waals surface area contributed by atoms with Gasteiger partial charge < -0.3 is 5.73 Å². The van der Waals surface area contributed by atoms with Crippen LogP contribution >= 0.6 is 0 Å². The summed E-state index contributed by atoms with van der Waals surface area (Å²) in [5.41, 5.74) is 8.38. The Morgan fingerprint density at radius 1 is 1.25 bits per heavy atom. The molecule has 0 aliphatic heterocycles. The van der Waals surface area contributed by atoms with E-state index in [4.69, 9.17) is 5.73 Å². The summed E-state index contributed by atoms with van der Waals surface area (Å²) in [5.74, 6) is 0.599. The first-order chi connectivity index (χ1) is 9.33. The largest absolute Gasteiger partial charge is 0.326 e. The molecule has 0 heterocycles. The second-order valence-electron chi connectivity index (χ2n) is 5.98. The minimum atomic E-state index is -3.45. The van der Waals surface area contributed by atoms with Crippen LogP contribution in [0.15, 0.2) is 17.0 Å². The van der Waals surface area contributed by atoms with Gasteiger partial charge in [-0.15, -0.1) is 0 Å². The molecule has 2 atom stereocenters. The fraction of sp³-hybridized carbons (Fsp3) is 0.600. The summed E-state index contributed by atoms with van der Waals surface area (Å²) in [6.45, 7) is 6.31. The van der Waals surface area contributed by atoms with Crippen molar-refractivity contribution in [3.63, 3.8) is 0 Å². The summed E-state index contributed by atoms with van der Waals surface area (Å²) in [6.07, 6.45) is 2.94. The molecule has 20 heavy (non-hydrogen) atoms. The fourth-order valence-electron chi connectivity index (χ4n) is 2.98. The molecular formula is C15H24N2O2S. The molecule has 0 saturated heterocycles. The number of hydrogen-bond donors (Lipinski definition) is 2. The van der Waals surface area contributed by atoms with Crippen LogP contribution in [-0.4, -0.2) is 14.5 Å². The average Bonchev–Trinajstić information content (AvgIpc) is 2.73. The van der Waals surface area contributed by atoms with Crippen molar-refractivity contribution < 1.29 is 8.42 Å². The van der Waals surface area contributed by atoms with Gasteiger partial charge in [-0.3, -0.25) is 0 Å². The van der Waals surface area contributed by atoms with Gasteiger partial charge in [0.05, 0.1) is 4.90 Å². The summed E-state index contributed by atoms with van der Waals surface area (Å²) >= 11 is 0. The van der Waals surface area contributed by atoms with Crippen LogP contribution in [0.3, 0.4) is 0 Å². The maximum absolute atomic E-state index is 12.5. The molecule has 5 heteroatoms. The third kappa shape index (κ3) is 3.22. The molecule has 1 fully saturated rings. The molecule has 0 amide bonds. The predicted octanol–water partition coefficient (Wildman–Crippen LogP) is 2.23. The first-order valence-corrected chi connectivity index (χ1v) is 8.64. The van der Waals surface area contributed by atoms with E-state index in [9.17, 15) is 8.42 Å².